The number of carbonyl (C=O) groups is 1. The molecule has 0 aliphatic heterocycles. The number of hydrogen-bond donors (Lipinski definition) is 3. The molecule has 1 aromatic carbocycles. The molecule has 5 nitrogen and oxygen atoms in total. The molecule has 1 heterocycles. The van der Waals surface area contributed by atoms with Gasteiger partial charge in [0.15, 0.2) is 0 Å². The Kier molecular flexibility index (Phi) is 3.74. The van der Waals surface area contributed by atoms with E-state index in [-0.39, 0.29) is 21.6 Å². The van der Waals surface area contributed by atoms with Gasteiger partial charge in [0.25, 0.3) is 5.91 Å². The SMILES string of the molecule is Nc1cc(C(=O)NCc2cn[nH]c2)cc(Cl)c1Cl. The summed E-state index contributed by atoms with van der Waals surface area (Å²) in [7, 11) is 0. The molecule has 1 aromatic heterocycles. The van der Waals surface area contributed by atoms with Crippen molar-refractivity contribution in [3.63, 3.8) is 0 Å². The van der Waals surface area contributed by atoms with Crippen molar-refractivity contribution in [2.24, 2.45) is 0 Å². The number of hydrogen-bond acceptors (Lipinski definition) is 3. The number of anilines is 1. The molecule has 0 aliphatic rings. The first kappa shape index (κ1) is 12.7. The predicted molar refractivity (Wildman–Crippen MR) is 70.6 cm³/mol. The Balaban J connectivity index is 2.09. The molecule has 0 atom stereocenters. The van der Waals surface area contributed by atoms with Gasteiger partial charge in [0.05, 0.1) is 21.9 Å². The Labute approximate surface area is 113 Å². The highest BCUT2D eigenvalue weighted by Crippen LogP contribution is 2.29. The summed E-state index contributed by atoms with van der Waals surface area (Å²) in [6.45, 7) is 0.371. The van der Waals surface area contributed by atoms with Crippen LogP contribution < -0.4 is 11.1 Å². The average molecular weight is 285 g/mol. The highest BCUT2D eigenvalue weighted by atomic mass is 35.5. The molecule has 4 N–H and O–H groups in total. The molecular formula is C11H10Cl2N4O. The molecule has 18 heavy (non-hydrogen) atoms. The molecule has 2 aromatic rings. The molecular weight excluding hydrogens is 275 g/mol. The average Bonchev–Trinajstić information content (AvgIpc) is 2.85. The maximum atomic E-state index is 11.9. The maximum Gasteiger partial charge on any atom is 0.251 e. The summed E-state index contributed by atoms with van der Waals surface area (Å²) in [4.78, 5) is 11.9. The van der Waals surface area contributed by atoms with Gasteiger partial charge in [0.1, 0.15) is 0 Å². The van der Waals surface area contributed by atoms with Gasteiger partial charge in [-0.05, 0) is 12.1 Å². The van der Waals surface area contributed by atoms with Crippen LogP contribution in [0.15, 0.2) is 24.5 Å². The molecule has 2 rings (SSSR count). The largest absolute Gasteiger partial charge is 0.397 e. The summed E-state index contributed by atoms with van der Waals surface area (Å²) in [5.41, 5.74) is 7.15. The van der Waals surface area contributed by atoms with Crippen molar-refractivity contribution in [2.75, 3.05) is 5.73 Å². The number of nitrogen functional groups attached to an aromatic ring is 1. The molecule has 94 valence electrons. The highest BCUT2D eigenvalue weighted by molar-refractivity contribution is 6.43. The van der Waals surface area contributed by atoms with Crippen LogP contribution in [0.2, 0.25) is 10.0 Å². The first-order chi connectivity index (χ1) is 8.58. The zero-order valence-electron chi connectivity index (χ0n) is 9.21. The number of nitrogens with zero attached hydrogens (tertiary/aromatic N) is 1. The van der Waals surface area contributed by atoms with E-state index in [2.05, 4.69) is 15.5 Å². The second kappa shape index (κ2) is 5.29. The normalized spacial score (nSPS) is 10.3. The van der Waals surface area contributed by atoms with Crippen LogP contribution in [-0.4, -0.2) is 16.1 Å². The Bertz CT molecular complexity index is 545. The number of aromatic amines is 1. The fraction of sp³-hybridized carbons (Fsp3) is 0.0909. The van der Waals surface area contributed by atoms with Gasteiger partial charge in [-0.15, -0.1) is 0 Å². The van der Waals surface area contributed by atoms with Crippen molar-refractivity contribution in [2.45, 2.75) is 6.54 Å². The quantitative estimate of drug-likeness (QED) is 0.756. The Morgan fingerprint density at radius 1 is 1.44 bits per heavy atom. The lowest BCUT2D eigenvalue weighted by atomic mass is 10.2. The van der Waals surface area contributed by atoms with E-state index in [0.29, 0.717) is 12.1 Å². The van der Waals surface area contributed by atoms with Crippen molar-refractivity contribution >= 4 is 34.8 Å². The fourth-order valence-electron chi connectivity index (χ4n) is 1.40. The number of nitrogens with two attached hydrogens (primary N) is 1. The van der Waals surface area contributed by atoms with Crippen LogP contribution in [0.5, 0.6) is 0 Å². The van der Waals surface area contributed by atoms with Crippen LogP contribution in [0.3, 0.4) is 0 Å². The van der Waals surface area contributed by atoms with Crippen LogP contribution in [0.25, 0.3) is 0 Å². The summed E-state index contributed by atoms with van der Waals surface area (Å²) >= 11 is 11.7. The van der Waals surface area contributed by atoms with Gasteiger partial charge in [0, 0.05) is 23.9 Å². The number of halogens is 2. The van der Waals surface area contributed by atoms with Crippen molar-refractivity contribution in [1.82, 2.24) is 15.5 Å². The van der Waals surface area contributed by atoms with Gasteiger partial charge in [-0.25, -0.2) is 0 Å². The number of rotatable bonds is 3. The zero-order chi connectivity index (χ0) is 13.1. The molecule has 0 radical (unpaired) electrons. The smallest absolute Gasteiger partial charge is 0.251 e. The topological polar surface area (TPSA) is 83.8 Å². The van der Waals surface area contributed by atoms with Crippen LogP contribution in [0.1, 0.15) is 15.9 Å². The zero-order valence-corrected chi connectivity index (χ0v) is 10.7. The summed E-state index contributed by atoms with van der Waals surface area (Å²) in [5, 5.41) is 9.66. The van der Waals surface area contributed by atoms with Crippen LogP contribution in [0.4, 0.5) is 5.69 Å². The van der Waals surface area contributed by atoms with Crippen LogP contribution >= 0.6 is 23.2 Å². The lowest BCUT2D eigenvalue weighted by Crippen LogP contribution is -2.22. The van der Waals surface area contributed by atoms with Crippen molar-refractivity contribution in [3.05, 3.63) is 45.7 Å². The van der Waals surface area contributed by atoms with E-state index in [9.17, 15) is 4.79 Å². The summed E-state index contributed by atoms with van der Waals surface area (Å²) < 4.78 is 0. The monoisotopic (exact) mass is 284 g/mol. The van der Waals surface area contributed by atoms with E-state index in [1.807, 2.05) is 0 Å². The molecule has 7 heteroatoms. The van der Waals surface area contributed by atoms with Gasteiger partial charge in [-0.2, -0.15) is 5.10 Å². The van der Waals surface area contributed by atoms with Crippen molar-refractivity contribution in [1.29, 1.82) is 0 Å². The number of nitrogens with one attached hydrogen (secondary N) is 2. The standard InChI is InChI=1S/C11H10Cl2N4O/c12-8-1-7(2-9(14)10(8)13)11(18)15-3-6-4-16-17-5-6/h1-2,4-5H,3,14H2,(H,15,18)(H,16,17). The lowest BCUT2D eigenvalue weighted by molar-refractivity contribution is 0.0951. The Hall–Kier alpha value is -1.72. The third kappa shape index (κ3) is 2.75. The minimum absolute atomic E-state index is 0.253. The fourth-order valence-corrected chi connectivity index (χ4v) is 1.74. The number of amides is 1. The van der Waals surface area contributed by atoms with E-state index in [4.69, 9.17) is 28.9 Å². The van der Waals surface area contributed by atoms with Gasteiger partial charge >= 0.3 is 0 Å². The minimum Gasteiger partial charge on any atom is -0.397 e. The molecule has 0 fully saturated rings. The first-order valence-electron chi connectivity index (χ1n) is 5.08. The number of aromatic nitrogens is 2. The summed E-state index contributed by atoms with van der Waals surface area (Å²) in [5.74, 6) is -0.276. The molecule has 0 aliphatic carbocycles. The van der Waals surface area contributed by atoms with E-state index in [1.165, 1.54) is 12.1 Å². The number of benzene rings is 1. The molecule has 1 amide bonds. The van der Waals surface area contributed by atoms with E-state index < -0.39 is 0 Å². The molecule has 0 saturated carbocycles. The predicted octanol–water partition coefficient (Wildman–Crippen LogP) is 2.23. The van der Waals surface area contributed by atoms with Crippen LogP contribution in [-0.2, 0) is 6.54 Å². The van der Waals surface area contributed by atoms with Gasteiger partial charge < -0.3 is 11.1 Å². The second-order valence-electron chi connectivity index (χ2n) is 3.65. The minimum atomic E-state index is -0.276. The van der Waals surface area contributed by atoms with Crippen molar-refractivity contribution < 1.29 is 4.79 Å². The van der Waals surface area contributed by atoms with Gasteiger partial charge in [-0.1, -0.05) is 23.2 Å². The molecule has 0 bridgehead atoms. The Morgan fingerprint density at radius 3 is 2.83 bits per heavy atom. The third-order valence-corrected chi connectivity index (χ3v) is 3.14. The van der Waals surface area contributed by atoms with E-state index in [1.54, 1.807) is 12.4 Å². The summed E-state index contributed by atoms with van der Waals surface area (Å²) in [6.07, 6.45) is 3.33. The third-order valence-electron chi connectivity index (χ3n) is 2.33. The maximum absolute atomic E-state index is 11.9. The van der Waals surface area contributed by atoms with Crippen LogP contribution in [0, 0.1) is 0 Å². The molecule has 0 spiro atoms. The van der Waals surface area contributed by atoms with Gasteiger partial charge in [-0.3, -0.25) is 9.89 Å². The number of carbonyl (C=O) groups excluding carboxylic acids is 1. The molecule has 0 unspecified atom stereocenters. The van der Waals surface area contributed by atoms with Gasteiger partial charge in [0.2, 0.25) is 0 Å². The molecule has 0 saturated heterocycles. The Morgan fingerprint density at radius 2 is 2.22 bits per heavy atom. The van der Waals surface area contributed by atoms with E-state index in [0.717, 1.165) is 5.56 Å². The summed E-state index contributed by atoms with van der Waals surface area (Å²) in [6, 6.07) is 2.96. The number of H-pyrrole nitrogens is 1. The first-order valence-corrected chi connectivity index (χ1v) is 5.84. The second-order valence-corrected chi connectivity index (χ2v) is 4.44. The van der Waals surface area contributed by atoms with Crippen molar-refractivity contribution in [3.8, 4) is 0 Å². The van der Waals surface area contributed by atoms with E-state index >= 15 is 0 Å². The lowest BCUT2D eigenvalue weighted by Gasteiger charge is -2.07. The highest BCUT2D eigenvalue weighted by Gasteiger charge is 2.11.